The van der Waals surface area contributed by atoms with E-state index in [4.69, 9.17) is 20.9 Å². The summed E-state index contributed by atoms with van der Waals surface area (Å²) in [5.74, 6) is 2.97. The lowest BCUT2D eigenvalue weighted by Gasteiger charge is -1.99. The Balaban J connectivity index is 1.55. The number of benzene rings is 1. The van der Waals surface area contributed by atoms with Crippen LogP contribution < -0.4 is 4.74 Å². The van der Waals surface area contributed by atoms with Crippen molar-refractivity contribution in [1.29, 1.82) is 0 Å². The largest absolute Gasteiger partial charge is 0.480 e. The fourth-order valence-electron chi connectivity index (χ4n) is 1.80. The summed E-state index contributed by atoms with van der Waals surface area (Å²) in [6.45, 7) is 0. The smallest absolute Gasteiger partial charge is 0.257 e. The molecular formula is C15H13ClN4O2S. The summed E-state index contributed by atoms with van der Waals surface area (Å²) in [5, 5.41) is 12.6. The number of nitrogens with zero attached hydrogens (tertiary/aromatic N) is 4. The molecule has 0 aliphatic carbocycles. The highest BCUT2D eigenvalue weighted by molar-refractivity contribution is 7.97. The lowest BCUT2D eigenvalue weighted by Crippen LogP contribution is -1.94. The zero-order chi connectivity index (χ0) is 16.1. The minimum absolute atomic E-state index is 0.488. The highest BCUT2D eigenvalue weighted by atomic mass is 35.5. The van der Waals surface area contributed by atoms with Crippen LogP contribution in [-0.2, 0) is 11.5 Å². The first-order valence-corrected chi connectivity index (χ1v) is 8.31. The molecule has 0 amide bonds. The van der Waals surface area contributed by atoms with E-state index in [-0.39, 0.29) is 0 Å². The molecule has 118 valence electrons. The molecule has 0 fully saturated rings. The molecule has 0 radical (unpaired) electrons. The van der Waals surface area contributed by atoms with E-state index in [0.717, 1.165) is 11.3 Å². The van der Waals surface area contributed by atoms with Gasteiger partial charge in [-0.3, -0.25) is 0 Å². The molecule has 0 saturated carbocycles. The van der Waals surface area contributed by atoms with Crippen molar-refractivity contribution in [3.8, 4) is 17.3 Å². The number of methoxy groups -OCH3 is 1. The number of hydrogen-bond acceptors (Lipinski definition) is 7. The van der Waals surface area contributed by atoms with E-state index in [1.54, 1.807) is 37.1 Å². The van der Waals surface area contributed by atoms with E-state index in [0.29, 0.717) is 34.1 Å². The first-order chi connectivity index (χ1) is 11.2. The fourth-order valence-corrected chi connectivity index (χ4v) is 2.69. The Morgan fingerprint density at radius 3 is 2.61 bits per heavy atom. The molecule has 2 heterocycles. The Morgan fingerprint density at radius 2 is 1.91 bits per heavy atom. The molecule has 0 bridgehead atoms. The van der Waals surface area contributed by atoms with E-state index in [1.807, 2.05) is 18.2 Å². The van der Waals surface area contributed by atoms with Crippen LogP contribution >= 0.6 is 23.4 Å². The van der Waals surface area contributed by atoms with E-state index < -0.39 is 0 Å². The maximum atomic E-state index is 5.86. The van der Waals surface area contributed by atoms with Crippen molar-refractivity contribution in [3.63, 3.8) is 0 Å². The maximum Gasteiger partial charge on any atom is 0.257 e. The van der Waals surface area contributed by atoms with Gasteiger partial charge in [0.25, 0.3) is 5.89 Å². The summed E-state index contributed by atoms with van der Waals surface area (Å²) in [4.78, 5) is 4.37. The summed E-state index contributed by atoms with van der Waals surface area (Å²) < 4.78 is 10.2. The Kier molecular flexibility index (Phi) is 5.09. The van der Waals surface area contributed by atoms with Crippen LogP contribution in [-0.4, -0.2) is 27.4 Å². The fraction of sp³-hybridized carbons (Fsp3) is 0.200. The third kappa shape index (κ3) is 4.20. The van der Waals surface area contributed by atoms with Crippen LogP contribution in [0.4, 0.5) is 0 Å². The van der Waals surface area contributed by atoms with E-state index in [1.165, 1.54) is 0 Å². The predicted molar refractivity (Wildman–Crippen MR) is 88.3 cm³/mol. The zero-order valence-electron chi connectivity index (χ0n) is 12.3. The van der Waals surface area contributed by atoms with Crippen LogP contribution in [0.1, 0.15) is 11.5 Å². The number of halogens is 1. The van der Waals surface area contributed by atoms with Gasteiger partial charge in [0.15, 0.2) is 5.82 Å². The average Bonchev–Trinajstić information content (AvgIpc) is 3.05. The minimum atomic E-state index is 0.488. The van der Waals surface area contributed by atoms with Gasteiger partial charge < -0.3 is 9.26 Å². The van der Waals surface area contributed by atoms with E-state index in [2.05, 4.69) is 20.3 Å². The minimum Gasteiger partial charge on any atom is -0.480 e. The monoisotopic (exact) mass is 348 g/mol. The molecule has 3 rings (SSSR count). The molecule has 0 aliphatic heterocycles. The molecule has 0 N–H and O–H groups in total. The molecule has 0 aliphatic rings. The van der Waals surface area contributed by atoms with Gasteiger partial charge in [0.2, 0.25) is 5.88 Å². The van der Waals surface area contributed by atoms with Crippen molar-refractivity contribution in [1.82, 2.24) is 20.3 Å². The number of ether oxygens (including phenoxy) is 1. The highest BCUT2D eigenvalue weighted by Gasteiger charge is 2.09. The van der Waals surface area contributed by atoms with Gasteiger partial charge in [0.05, 0.1) is 18.6 Å². The quantitative estimate of drug-likeness (QED) is 0.673. The third-order valence-electron chi connectivity index (χ3n) is 2.94. The average molecular weight is 349 g/mol. The topological polar surface area (TPSA) is 73.9 Å². The Morgan fingerprint density at radius 1 is 1.09 bits per heavy atom. The summed E-state index contributed by atoms with van der Waals surface area (Å²) >= 11 is 7.50. The maximum absolute atomic E-state index is 5.86. The van der Waals surface area contributed by atoms with Gasteiger partial charge >= 0.3 is 0 Å². The molecule has 3 aromatic rings. The number of thioether (sulfide) groups is 1. The van der Waals surface area contributed by atoms with Crippen LogP contribution in [0.2, 0.25) is 5.02 Å². The Hall–Kier alpha value is -2.12. The second kappa shape index (κ2) is 7.43. The molecule has 6 nitrogen and oxygen atoms in total. The standard InChI is InChI=1S/C15H13ClN4O2S/c1-21-14-7-6-12(18-19-14)8-23-9-13-17-15(22-20-13)10-2-4-11(16)5-3-10/h2-7H,8-9H2,1H3. The van der Waals surface area contributed by atoms with Crippen LogP contribution in [0, 0.1) is 0 Å². The SMILES string of the molecule is COc1ccc(CSCc2noc(-c3ccc(Cl)cc3)n2)nn1. The second-order valence-electron chi connectivity index (χ2n) is 4.58. The van der Waals surface area contributed by atoms with Crippen LogP contribution in [0.25, 0.3) is 11.5 Å². The lowest BCUT2D eigenvalue weighted by atomic mass is 10.2. The highest BCUT2D eigenvalue weighted by Crippen LogP contribution is 2.21. The molecule has 23 heavy (non-hydrogen) atoms. The molecule has 0 unspecified atom stereocenters. The summed E-state index contributed by atoms with van der Waals surface area (Å²) in [6, 6.07) is 10.9. The molecule has 0 atom stereocenters. The zero-order valence-corrected chi connectivity index (χ0v) is 13.8. The Bertz CT molecular complexity index is 762. The molecule has 1 aromatic carbocycles. The molecule has 2 aromatic heterocycles. The van der Waals surface area contributed by atoms with E-state index in [9.17, 15) is 0 Å². The molecule has 8 heteroatoms. The first kappa shape index (κ1) is 15.8. The summed E-state index contributed by atoms with van der Waals surface area (Å²) in [6.07, 6.45) is 0. The van der Waals surface area contributed by atoms with Crippen molar-refractivity contribution < 1.29 is 9.26 Å². The first-order valence-electron chi connectivity index (χ1n) is 6.77. The van der Waals surface area contributed by atoms with Gasteiger partial charge in [0.1, 0.15) is 0 Å². The van der Waals surface area contributed by atoms with Gasteiger partial charge in [-0.15, -0.1) is 16.9 Å². The number of aromatic nitrogens is 4. The molecular weight excluding hydrogens is 336 g/mol. The molecule has 0 spiro atoms. The van der Waals surface area contributed by atoms with Crippen molar-refractivity contribution in [2.75, 3.05) is 7.11 Å². The van der Waals surface area contributed by atoms with E-state index >= 15 is 0 Å². The number of hydrogen-bond donors (Lipinski definition) is 0. The van der Waals surface area contributed by atoms with Gasteiger partial charge in [-0.1, -0.05) is 16.8 Å². The molecule has 0 saturated heterocycles. The van der Waals surface area contributed by atoms with Crippen molar-refractivity contribution in [2.45, 2.75) is 11.5 Å². The van der Waals surface area contributed by atoms with Crippen molar-refractivity contribution in [3.05, 3.63) is 52.9 Å². The normalized spacial score (nSPS) is 10.7. The van der Waals surface area contributed by atoms with Gasteiger partial charge in [-0.05, 0) is 30.3 Å². The predicted octanol–water partition coefficient (Wildman–Crippen LogP) is 3.62. The second-order valence-corrected chi connectivity index (χ2v) is 6.00. The lowest BCUT2D eigenvalue weighted by molar-refractivity contribution is 0.391. The van der Waals surface area contributed by atoms with Gasteiger partial charge in [-0.2, -0.15) is 10.1 Å². The van der Waals surface area contributed by atoms with Gasteiger partial charge in [-0.25, -0.2) is 0 Å². The van der Waals surface area contributed by atoms with Crippen LogP contribution in [0.5, 0.6) is 5.88 Å². The third-order valence-corrected chi connectivity index (χ3v) is 4.16. The summed E-state index contributed by atoms with van der Waals surface area (Å²) in [7, 11) is 1.56. The van der Waals surface area contributed by atoms with Crippen molar-refractivity contribution >= 4 is 23.4 Å². The van der Waals surface area contributed by atoms with Crippen molar-refractivity contribution in [2.24, 2.45) is 0 Å². The van der Waals surface area contributed by atoms with Crippen LogP contribution in [0.3, 0.4) is 0 Å². The van der Waals surface area contributed by atoms with Gasteiger partial charge in [0, 0.05) is 22.4 Å². The summed E-state index contributed by atoms with van der Waals surface area (Å²) in [5.41, 5.74) is 1.72. The van der Waals surface area contributed by atoms with Crippen LogP contribution in [0.15, 0.2) is 40.9 Å². The number of rotatable bonds is 6. The Labute approximate surface area is 142 Å².